The molecule has 1 aromatic heterocycles. The average molecular weight is 313 g/mol. The fourth-order valence-electron chi connectivity index (χ4n) is 1.40. The monoisotopic (exact) mass is 311 g/mol. The fraction of sp³-hybridized carbons (Fsp3) is 0.167. The van der Waals surface area contributed by atoms with Crippen LogP contribution in [0.1, 0.15) is 11.1 Å². The maximum atomic E-state index is 5.77. The minimum Gasteiger partial charge on any atom is -0.339 e. The molecule has 0 aliphatic rings. The van der Waals surface area contributed by atoms with Gasteiger partial charge in [-0.05, 0) is 59.1 Å². The van der Waals surface area contributed by atoms with Crippen LogP contribution in [0.15, 0.2) is 28.9 Å². The van der Waals surface area contributed by atoms with Crippen molar-refractivity contribution in [1.29, 1.82) is 0 Å². The lowest BCUT2D eigenvalue weighted by Gasteiger charge is -2.10. The van der Waals surface area contributed by atoms with Gasteiger partial charge in [-0.3, -0.25) is 0 Å². The van der Waals surface area contributed by atoms with Gasteiger partial charge in [0.2, 0.25) is 5.28 Å². The van der Waals surface area contributed by atoms with E-state index in [-0.39, 0.29) is 5.28 Å². The second-order valence-electron chi connectivity index (χ2n) is 3.78. The van der Waals surface area contributed by atoms with Crippen LogP contribution in [0.3, 0.4) is 0 Å². The van der Waals surface area contributed by atoms with Gasteiger partial charge in [-0.1, -0.05) is 6.07 Å². The van der Waals surface area contributed by atoms with Crippen molar-refractivity contribution in [2.45, 2.75) is 13.8 Å². The predicted octanol–water partition coefficient (Wildman–Crippen LogP) is 4.25. The number of hydrogen-bond donors (Lipinski definition) is 1. The standard InChI is InChI=1S/C12H11BrClN3/c1-7-3-4-10(9(13)5-7)16-11-8(2)6-15-12(14)17-11/h3-6H,1-2H3,(H,15,16,17). The molecule has 0 atom stereocenters. The molecule has 0 aliphatic heterocycles. The molecule has 0 spiro atoms. The lowest BCUT2D eigenvalue weighted by Crippen LogP contribution is -1.98. The third kappa shape index (κ3) is 2.96. The molecule has 1 heterocycles. The zero-order valence-corrected chi connectivity index (χ0v) is 11.8. The molecule has 0 amide bonds. The van der Waals surface area contributed by atoms with Crippen molar-refractivity contribution in [3.05, 3.63) is 45.3 Å². The number of nitrogens with zero attached hydrogens (tertiary/aromatic N) is 2. The number of rotatable bonds is 2. The molecular weight excluding hydrogens is 302 g/mol. The number of nitrogens with one attached hydrogen (secondary N) is 1. The van der Waals surface area contributed by atoms with Crippen LogP contribution in [0.4, 0.5) is 11.5 Å². The Bertz CT molecular complexity index is 557. The normalized spacial score (nSPS) is 10.4. The minimum atomic E-state index is 0.237. The quantitative estimate of drug-likeness (QED) is 0.842. The Labute approximate surface area is 113 Å². The Morgan fingerprint density at radius 2 is 2.06 bits per heavy atom. The molecule has 0 bridgehead atoms. The third-order valence-corrected chi connectivity index (χ3v) is 3.16. The van der Waals surface area contributed by atoms with Gasteiger partial charge in [0.05, 0.1) is 5.69 Å². The highest BCUT2D eigenvalue weighted by atomic mass is 79.9. The van der Waals surface area contributed by atoms with E-state index in [1.807, 2.05) is 32.0 Å². The van der Waals surface area contributed by atoms with Crippen LogP contribution in [-0.4, -0.2) is 9.97 Å². The SMILES string of the molecule is Cc1ccc(Nc2nc(Cl)ncc2C)c(Br)c1. The van der Waals surface area contributed by atoms with Gasteiger partial charge in [0.15, 0.2) is 0 Å². The lowest BCUT2D eigenvalue weighted by atomic mass is 10.2. The number of aryl methyl sites for hydroxylation is 2. The highest BCUT2D eigenvalue weighted by molar-refractivity contribution is 9.10. The van der Waals surface area contributed by atoms with Crippen molar-refractivity contribution in [3.8, 4) is 0 Å². The Balaban J connectivity index is 2.34. The van der Waals surface area contributed by atoms with E-state index in [0.717, 1.165) is 21.5 Å². The molecule has 0 aliphatic carbocycles. The summed E-state index contributed by atoms with van der Waals surface area (Å²) in [7, 11) is 0. The Hall–Kier alpha value is -1.13. The smallest absolute Gasteiger partial charge is 0.224 e. The molecule has 0 radical (unpaired) electrons. The van der Waals surface area contributed by atoms with Gasteiger partial charge < -0.3 is 5.32 Å². The van der Waals surface area contributed by atoms with E-state index in [9.17, 15) is 0 Å². The second kappa shape index (κ2) is 5.02. The molecule has 5 heteroatoms. The molecule has 0 saturated heterocycles. The van der Waals surface area contributed by atoms with Crippen LogP contribution in [0.2, 0.25) is 5.28 Å². The maximum absolute atomic E-state index is 5.77. The zero-order valence-electron chi connectivity index (χ0n) is 9.46. The third-order valence-electron chi connectivity index (χ3n) is 2.32. The molecule has 0 saturated carbocycles. The first-order chi connectivity index (χ1) is 8.06. The van der Waals surface area contributed by atoms with Gasteiger partial charge in [-0.2, -0.15) is 0 Å². The molecule has 88 valence electrons. The lowest BCUT2D eigenvalue weighted by molar-refractivity contribution is 1.13. The highest BCUT2D eigenvalue weighted by Crippen LogP contribution is 2.27. The summed E-state index contributed by atoms with van der Waals surface area (Å²) in [6.45, 7) is 3.97. The van der Waals surface area contributed by atoms with E-state index in [1.165, 1.54) is 5.56 Å². The van der Waals surface area contributed by atoms with E-state index >= 15 is 0 Å². The van der Waals surface area contributed by atoms with E-state index in [0.29, 0.717) is 0 Å². The van der Waals surface area contributed by atoms with Gasteiger partial charge in [0, 0.05) is 16.2 Å². The summed E-state index contributed by atoms with van der Waals surface area (Å²) in [4.78, 5) is 8.07. The Morgan fingerprint density at radius 3 is 2.76 bits per heavy atom. The molecule has 2 rings (SSSR count). The molecule has 3 nitrogen and oxygen atoms in total. The number of benzene rings is 1. The summed E-state index contributed by atoms with van der Waals surface area (Å²) in [5, 5.41) is 3.46. The number of aromatic nitrogens is 2. The van der Waals surface area contributed by atoms with Crippen molar-refractivity contribution in [1.82, 2.24) is 9.97 Å². The molecule has 0 unspecified atom stereocenters. The summed E-state index contributed by atoms with van der Waals surface area (Å²) in [5.41, 5.74) is 3.09. The van der Waals surface area contributed by atoms with Crippen molar-refractivity contribution in [2.75, 3.05) is 5.32 Å². The van der Waals surface area contributed by atoms with Crippen molar-refractivity contribution in [3.63, 3.8) is 0 Å². The Kier molecular flexibility index (Phi) is 3.64. The second-order valence-corrected chi connectivity index (χ2v) is 4.97. The van der Waals surface area contributed by atoms with Gasteiger partial charge in [-0.25, -0.2) is 9.97 Å². The van der Waals surface area contributed by atoms with Crippen LogP contribution < -0.4 is 5.32 Å². The van der Waals surface area contributed by atoms with Crippen LogP contribution in [0.25, 0.3) is 0 Å². The first-order valence-electron chi connectivity index (χ1n) is 5.08. The largest absolute Gasteiger partial charge is 0.339 e. The molecule has 17 heavy (non-hydrogen) atoms. The van der Waals surface area contributed by atoms with Gasteiger partial charge in [-0.15, -0.1) is 0 Å². The summed E-state index contributed by atoms with van der Waals surface area (Å²) in [5.74, 6) is 0.717. The van der Waals surface area contributed by atoms with Crippen molar-refractivity contribution < 1.29 is 0 Å². The van der Waals surface area contributed by atoms with Crippen LogP contribution in [-0.2, 0) is 0 Å². The number of anilines is 2. The van der Waals surface area contributed by atoms with Gasteiger partial charge >= 0.3 is 0 Å². The van der Waals surface area contributed by atoms with Crippen LogP contribution in [0, 0.1) is 13.8 Å². The van der Waals surface area contributed by atoms with E-state index < -0.39 is 0 Å². The summed E-state index contributed by atoms with van der Waals surface area (Å²) in [6.07, 6.45) is 1.69. The fourth-order valence-corrected chi connectivity index (χ4v) is 2.12. The van der Waals surface area contributed by atoms with Crippen molar-refractivity contribution >= 4 is 39.0 Å². The Morgan fingerprint density at radius 1 is 1.29 bits per heavy atom. The van der Waals surface area contributed by atoms with Gasteiger partial charge in [0.25, 0.3) is 0 Å². The molecular formula is C12H11BrClN3. The topological polar surface area (TPSA) is 37.8 Å². The first kappa shape index (κ1) is 12.3. The van der Waals surface area contributed by atoms with Crippen LogP contribution >= 0.6 is 27.5 Å². The first-order valence-corrected chi connectivity index (χ1v) is 6.25. The summed E-state index contributed by atoms with van der Waals surface area (Å²) < 4.78 is 0.992. The van der Waals surface area contributed by atoms with Gasteiger partial charge in [0.1, 0.15) is 5.82 Å². The summed E-state index contributed by atoms with van der Waals surface area (Å²) >= 11 is 9.28. The molecule has 1 N–H and O–H groups in total. The molecule has 0 fully saturated rings. The maximum Gasteiger partial charge on any atom is 0.224 e. The van der Waals surface area contributed by atoms with Crippen molar-refractivity contribution in [2.24, 2.45) is 0 Å². The number of hydrogen-bond acceptors (Lipinski definition) is 3. The minimum absolute atomic E-state index is 0.237. The highest BCUT2D eigenvalue weighted by Gasteiger charge is 2.05. The summed E-state index contributed by atoms with van der Waals surface area (Å²) in [6, 6.07) is 6.07. The predicted molar refractivity (Wildman–Crippen MR) is 73.9 cm³/mol. The van der Waals surface area contributed by atoms with Crippen LogP contribution in [0.5, 0.6) is 0 Å². The molecule has 1 aromatic carbocycles. The van der Waals surface area contributed by atoms with E-state index in [1.54, 1.807) is 6.20 Å². The van der Waals surface area contributed by atoms with E-state index in [2.05, 4.69) is 31.2 Å². The zero-order chi connectivity index (χ0) is 12.4. The molecule has 2 aromatic rings. The number of halogens is 2. The average Bonchev–Trinajstić information content (AvgIpc) is 2.27. The van der Waals surface area contributed by atoms with E-state index in [4.69, 9.17) is 11.6 Å².